The van der Waals surface area contributed by atoms with Crippen LogP contribution in [0.2, 0.25) is 5.82 Å². The maximum atomic E-state index is 9.08. The van der Waals surface area contributed by atoms with Gasteiger partial charge in [0.2, 0.25) is 0 Å². The Morgan fingerprint density at radius 3 is 2.10 bits per heavy atom. The Balaban J connectivity index is 2.61. The van der Waals surface area contributed by atoms with E-state index in [1.165, 1.54) is 6.08 Å². The van der Waals surface area contributed by atoms with Gasteiger partial charge in [-0.3, -0.25) is 0 Å². The van der Waals surface area contributed by atoms with Gasteiger partial charge in [0.15, 0.2) is 0 Å². The van der Waals surface area contributed by atoms with Crippen molar-refractivity contribution < 1.29 is 15.2 Å². The van der Waals surface area contributed by atoms with Gasteiger partial charge in [-0.15, -0.1) is 0 Å². The molecule has 1 aliphatic carbocycles. The summed E-state index contributed by atoms with van der Waals surface area (Å²) in [6.45, 7) is 0. The predicted octanol–water partition coefficient (Wildman–Crippen LogP) is -0.684. The molecule has 2 unspecified atom stereocenters. The Bertz CT molecular complexity index is 164. The molecule has 0 fully saturated rings. The van der Waals surface area contributed by atoms with E-state index in [0.717, 1.165) is 0 Å². The van der Waals surface area contributed by atoms with Gasteiger partial charge >= 0.3 is 7.12 Å². The third-order valence-corrected chi connectivity index (χ3v) is 1.49. The second kappa shape index (κ2) is 3.01. The molecule has 0 bridgehead atoms. The summed E-state index contributed by atoms with van der Waals surface area (Å²) in [6, 6.07) is 0. The van der Waals surface area contributed by atoms with Gasteiger partial charge < -0.3 is 15.2 Å². The summed E-state index contributed by atoms with van der Waals surface area (Å²) < 4.78 is 0. The highest BCUT2D eigenvalue weighted by Gasteiger charge is 2.27. The van der Waals surface area contributed by atoms with E-state index >= 15 is 0 Å². The van der Waals surface area contributed by atoms with Crippen molar-refractivity contribution in [2.45, 2.75) is 11.9 Å². The molecule has 0 aromatic rings. The summed E-state index contributed by atoms with van der Waals surface area (Å²) in [6.07, 6.45) is 5.66. The van der Waals surface area contributed by atoms with Crippen LogP contribution in [0.3, 0.4) is 0 Å². The van der Waals surface area contributed by atoms with Crippen LogP contribution in [0.25, 0.3) is 0 Å². The van der Waals surface area contributed by atoms with Gasteiger partial charge in [0.05, 0.1) is 6.10 Å². The van der Waals surface area contributed by atoms with Gasteiger partial charge in [-0.2, -0.15) is 0 Å². The van der Waals surface area contributed by atoms with Crippen molar-refractivity contribution in [1.82, 2.24) is 0 Å². The predicted molar refractivity (Wildman–Crippen MR) is 38.2 cm³/mol. The lowest BCUT2D eigenvalue weighted by atomic mass is 9.68. The molecule has 0 amide bonds. The fourth-order valence-electron chi connectivity index (χ4n) is 0.888. The van der Waals surface area contributed by atoms with E-state index in [0.29, 0.717) is 0 Å². The molecule has 0 saturated heterocycles. The zero-order valence-corrected chi connectivity index (χ0v) is 5.38. The first-order valence-corrected chi connectivity index (χ1v) is 3.11. The van der Waals surface area contributed by atoms with E-state index in [-0.39, 0.29) is 0 Å². The Labute approximate surface area is 59.5 Å². The average molecular weight is 140 g/mol. The average Bonchev–Trinajstić information content (AvgIpc) is 1.88. The number of aliphatic hydroxyl groups excluding tert-OH is 1. The lowest BCUT2D eigenvalue weighted by Gasteiger charge is -2.17. The minimum Gasteiger partial charge on any atom is -0.427 e. The number of hydrogen-bond donors (Lipinski definition) is 3. The molecule has 1 rings (SSSR count). The van der Waals surface area contributed by atoms with Crippen LogP contribution in [0, 0.1) is 0 Å². The molecule has 0 heterocycles. The topological polar surface area (TPSA) is 60.7 Å². The van der Waals surface area contributed by atoms with Gasteiger partial charge in [-0.05, 0) is 0 Å². The molecule has 2 atom stereocenters. The third-order valence-electron chi connectivity index (χ3n) is 1.49. The molecule has 54 valence electrons. The van der Waals surface area contributed by atoms with E-state index in [2.05, 4.69) is 0 Å². The van der Waals surface area contributed by atoms with Gasteiger partial charge in [0.25, 0.3) is 0 Å². The number of allylic oxidation sites excluding steroid dienone is 2. The minimum absolute atomic E-state index is 0.579. The second-order valence-electron chi connectivity index (χ2n) is 2.25. The molecule has 0 aromatic carbocycles. The van der Waals surface area contributed by atoms with Crippen LogP contribution in [0.15, 0.2) is 24.3 Å². The molecule has 0 saturated carbocycles. The number of aliphatic hydroxyl groups is 1. The fourth-order valence-corrected chi connectivity index (χ4v) is 0.888. The molecular weight excluding hydrogens is 131 g/mol. The van der Waals surface area contributed by atoms with Crippen LogP contribution in [0.5, 0.6) is 0 Å². The number of rotatable bonds is 1. The molecule has 3 N–H and O–H groups in total. The summed E-state index contributed by atoms with van der Waals surface area (Å²) >= 11 is 0. The van der Waals surface area contributed by atoms with E-state index in [1.807, 2.05) is 0 Å². The van der Waals surface area contributed by atoms with Crippen LogP contribution >= 0.6 is 0 Å². The smallest absolute Gasteiger partial charge is 0.427 e. The highest BCUT2D eigenvalue weighted by atomic mass is 16.4. The lowest BCUT2D eigenvalue weighted by molar-refractivity contribution is 0.208. The van der Waals surface area contributed by atoms with E-state index in [9.17, 15) is 0 Å². The Morgan fingerprint density at radius 2 is 1.70 bits per heavy atom. The number of hydrogen-bond acceptors (Lipinski definition) is 3. The lowest BCUT2D eigenvalue weighted by Crippen LogP contribution is -2.28. The SMILES string of the molecule is OB(O)C1C=CC=CC1O. The standard InChI is InChI=1S/C6H9BO3/c8-6-4-2-1-3-5(6)7(9)10/h1-6,8-10H. The van der Waals surface area contributed by atoms with Crippen molar-refractivity contribution >= 4 is 7.12 Å². The molecule has 0 aliphatic heterocycles. The highest BCUT2D eigenvalue weighted by Crippen LogP contribution is 2.19. The normalized spacial score (nSPS) is 30.7. The molecule has 4 heteroatoms. The first kappa shape index (κ1) is 7.53. The summed E-state index contributed by atoms with van der Waals surface area (Å²) in [4.78, 5) is 0. The first-order chi connectivity index (χ1) is 4.72. The first-order valence-electron chi connectivity index (χ1n) is 3.11. The Morgan fingerprint density at radius 1 is 1.10 bits per heavy atom. The highest BCUT2D eigenvalue weighted by molar-refractivity contribution is 6.44. The van der Waals surface area contributed by atoms with Crippen molar-refractivity contribution in [3.63, 3.8) is 0 Å². The molecule has 0 spiro atoms. The van der Waals surface area contributed by atoms with Gasteiger partial charge in [0.1, 0.15) is 0 Å². The molecule has 3 nitrogen and oxygen atoms in total. The zero-order valence-electron chi connectivity index (χ0n) is 5.38. The second-order valence-corrected chi connectivity index (χ2v) is 2.25. The van der Waals surface area contributed by atoms with Crippen molar-refractivity contribution in [1.29, 1.82) is 0 Å². The summed E-state index contributed by atoms with van der Waals surface area (Å²) in [7, 11) is -1.48. The van der Waals surface area contributed by atoms with E-state index in [1.54, 1.807) is 18.2 Å². The fraction of sp³-hybridized carbons (Fsp3) is 0.333. The quantitative estimate of drug-likeness (QED) is 0.422. The maximum Gasteiger partial charge on any atom is 0.461 e. The molecule has 0 aromatic heterocycles. The van der Waals surface area contributed by atoms with E-state index in [4.69, 9.17) is 15.2 Å². The van der Waals surface area contributed by atoms with Crippen LogP contribution in [0.4, 0.5) is 0 Å². The van der Waals surface area contributed by atoms with Crippen LogP contribution in [0.1, 0.15) is 0 Å². The molecular formula is C6H9BO3. The van der Waals surface area contributed by atoms with Crippen LogP contribution in [-0.2, 0) is 0 Å². The Hall–Kier alpha value is -0.575. The largest absolute Gasteiger partial charge is 0.461 e. The molecule has 1 aliphatic rings. The monoisotopic (exact) mass is 140 g/mol. The summed E-state index contributed by atoms with van der Waals surface area (Å²) in [5.41, 5.74) is 0. The van der Waals surface area contributed by atoms with Crippen LogP contribution < -0.4 is 0 Å². The minimum atomic E-state index is -1.48. The van der Waals surface area contributed by atoms with Crippen molar-refractivity contribution in [3.05, 3.63) is 24.3 Å². The van der Waals surface area contributed by atoms with Gasteiger partial charge in [-0.1, -0.05) is 24.3 Å². The van der Waals surface area contributed by atoms with Gasteiger partial charge in [0, 0.05) is 5.82 Å². The zero-order chi connectivity index (χ0) is 7.56. The Kier molecular flexibility index (Phi) is 2.27. The molecule has 0 radical (unpaired) electrons. The molecule has 10 heavy (non-hydrogen) atoms. The maximum absolute atomic E-state index is 9.08. The van der Waals surface area contributed by atoms with Crippen molar-refractivity contribution in [2.24, 2.45) is 0 Å². The third kappa shape index (κ3) is 1.47. The van der Waals surface area contributed by atoms with Crippen LogP contribution in [-0.4, -0.2) is 28.4 Å². The van der Waals surface area contributed by atoms with E-state index < -0.39 is 19.0 Å². The van der Waals surface area contributed by atoms with Gasteiger partial charge in [-0.25, -0.2) is 0 Å². The summed E-state index contributed by atoms with van der Waals surface area (Å²) in [5.74, 6) is -0.579. The summed E-state index contributed by atoms with van der Waals surface area (Å²) in [5, 5.41) is 26.4. The van der Waals surface area contributed by atoms with Crippen molar-refractivity contribution in [2.75, 3.05) is 0 Å². The van der Waals surface area contributed by atoms with Crippen molar-refractivity contribution in [3.8, 4) is 0 Å².